The average molecular weight is 300 g/mol. The second-order valence-electron chi connectivity index (χ2n) is 5.65. The Morgan fingerprint density at radius 1 is 1.41 bits per heavy atom. The van der Waals surface area contributed by atoms with E-state index in [4.69, 9.17) is 0 Å². The van der Waals surface area contributed by atoms with Gasteiger partial charge in [0.2, 0.25) is 0 Å². The number of nitrogens with zero attached hydrogens (tertiary/aromatic N) is 3. The molecule has 116 valence electrons. The molecule has 1 N–H and O–H groups in total. The van der Waals surface area contributed by atoms with Crippen molar-refractivity contribution in [2.24, 2.45) is 0 Å². The maximum atomic E-state index is 12.9. The fraction of sp³-hybridized carbons (Fsp3) is 0.438. The van der Waals surface area contributed by atoms with Gasteiger partial charge >= 0.3 is 0 Å². The number of carbonyl (C=O) groups excluding carboxylic acids is 1. The van der Waals surface area contributed by atoms with Crippen molar-refractivity contribution < 1.29 is 4.79 Å². The first kappa shape index (κ1) is 14.6. The van der Waals surface area contributed by atoms with E-state index < -0.39 is 0 Å². The van der Waals surface area contributed by atoms with Gasteiger partial charge in [0.15, 0.2) is 0 Å². The van der Waals surface area contributed by atoms with Crippen molar-refractivity contribution in [3.63, 3.8) is 0 Å². The first-order valence-electron chi connectivity index (χ1n) is 7.55. The molecule has 0 saturated carbocycles. The number of H-pyrrole nitrogens is 1. The molecule has 3 rings (SSSR count). The third-order valence-electron chi connectivity index (χ3n) is 4.34. The summed E-state index contributed by atoms with van der Waals surface area (Å²) in [6.07, 6.45) is 2.38. The van der Waals surface area contributed by atoms with Crippen LogP contribution in [0.4, 0.5) is 0 Å². The molecule has 1 aliphatic heterocycles. The molecule has 0 unspecified atom stereocenters. The van der Waals surface area contributed by atoms with E-state index in [2.05, 4.69) is 10.1 Å². The Kier molecular flexibility index (Phi) is 3.60. The Balaban J connectivity index is 1.93. The van der Waals surface area contributed by atoms with E-state index >= 15 is 0 Å². The minimum absolute atomic E-state index is 0.0383. The van der Waals surface area contributed by atoms with Crippen LogP contribution in [0.1, 0.15) is 39.8 Å². The smallest absolute Gasteiger partial charge is 0.257 e. The monoisotopic (exact) mass is 300 g/mol. The van der Waals surface area contributed by atoms with Gasteiger partial charge < -0.3 is 9.88 Å². The van der Waals surface area contributed by atoms with E-state index in [1.807, 2.05) is 31.5 Å². The van der Waals surface area contributed by atoms with Crippen molar-refractivity contribution >= 4 is 5.91 Å². The molecule has 0 aliphatic carbocycles. The van der Waals surface area contributed by atoms with E-state index in [1.165, 1.54) is 0 Å². The number of aromatic amines is 1. The number of fused-ring (bicyclic) bond motifs is 1. The lowest BCUT2D eigenvalue weighted by Gasteiger charge is -2.28. The highest BCUT2D eigenvalue weighted by Crippen LogP contribution is 2.21. The predicted molar refractivity (Wildman–Crippen MR) is 82.9 cm³/mol. The summed E-state index contributed by atoms with van der Waals surface area (Å²) in [5, 5.41) is 4.41. The molecule has 2 aromatic rings. The maximum absolute atomic E-state index is 12.9. The number of rotatable bonds is 2. The highest BCUT2D eigenvalue weighted by Gasteiger charge is 2.27. The summed E-state index contributed by atoms with van der Waals surface area (Å²) in [7, 11) is 0. The normalized spacial score (nSPS) is 14.0. The van der Waals surface area contributed by atoms with Gasteiger partial charge in [-0.1, -0.05) is 0 Å². The minimum Gasteiger partial charge on any atom is -0.334 e. The average Bonchev–Trinajstić information content (AvgIpc) is 2.81. The van der Waals surface area contributed by atoms with E-state index in [0.29, 0.717) is 30.6 Å². The number of aromatic nitrogens is 3. The van der Waals surface area contributed by atoms with Gasteiger partial charge in [-0.25, -0.2) is 0 Å². The van der Waals surface area contributed by atoms with Crippen LogP contribution in [0, 0.1) is 13.8 Å². The summed E-state index contributed by atoms with van der Waals surface area (Å²) < 4.78 is 1.84. The minimum atomic E-state index is -0.104. The van der Waals surface area contributed by atoms with Gasteiger partial charge in [-0.05, 0) is 38.8 Å². The Bertz CT molecular complexity index is 788. The first-order valence-corrected chi connectivity index (χ1v) is 7.55. The van der Waals surface area contributed by atoms with Gasteiger partial charge in [0.1, 0.15) is 0 Å². The summed E-state index contributed by atoms with van der Waals surface area (Å²) in [5.74, 6) is -0.0383. The SMILES string of the molecule is CCn1nc(C)c(C(=O)N2CCc3cc[nH]c(=O)c3C2)c1C. The quantitative estimate of drug-likeness (QED) is 0.911. The molecule has 0 atom stereocenters. The largest absolute Gasteiger partial charge is 0.334 e. The van der Waals surface area contributed by atoms with Crippen LogP contribution >= 0.6 is 0 Å². The Morgan fingerprint density at radius 2 is 2.18 bits per heavy atom. The Labute approximate surface area is 128 Å². The molecule has 6 nitrogen and oxygen atoms in total. The molecule has 0 radical (unpaired) electrons. The second-order valence-corrected chi connectivity index (χ2v) is 5.65. The predicted octanol–water partition coefficient (Wildman–Crippen LogP) is 1.41. The van der Waals surface area contributed by atoms with Crippen LogP contribution in [0.25, 0.3) is 0 Å². The highest BCUT2D eigenvalue weighted by molar-refractivity contribution is 5.96. The van der Waals surface area contributed by atoms with Crippen LogP contribution in [0.3, 0.4) is 0 Å². The lowest BCUT2D eigenvalue weighted by molar-refractivity contribution is 0.0732. The zero-order valence-corrected chi connectivity index (χ0v) is 13.1. The Hall–Kier alpha value is -2.37. The van der Waals surface area contributed by atoms with Gasteiger partial charge in [0.05, 0.1) is 17.8 Å². The summed E-state index contributed by atoms with van der Waals surface area (Å²) in [5.41, 5.74) is 3.92. The van der Waals surface area contributed by atoms with Crippen LogP contribution in [0.5, 0.6) is 0 Å². The van der Waals surface area contributed by atoms with Crippen LogP contribution < -0.4 is 5.56 Å². The fourth-order valence-corrected chi connectivity index (χ4v) is 3.13. The summed E-state index contributed by atoms with van der Waals surface area (Å²) in [6, 6.07) is 1.92. The van der Waals surface area contributed by atoms with Crippen LogP contribution in [-0.2, 0) is 19.5 Å². The molecule has 3 heterocycles. The molecule has 0 aromatic carbocycles. The topological polar surface area (TPSA) is 71.0 Å². The molecule has 22 heavy (non-hydrogen) atoms. The molecule has 2 aromatic heterocycles. The highest BCUT2D eigenvalue weighted by atomic mass is 16.2. The number of aryl methyl sites for hydroxylation is 2. The van der Waals surface area contributed by atoms with E-state index in [-0.39, 0.29) is 11.5 Å². The molecule has 0 spiro atoms. The standard InChI is InChI=1S/C16H20N4O2/c1-4-20-11(3)14(10(2)18-20)16(22)19-8-6-12-5-7-17-15(21)13(12)9-19/h5,7H,4,6,8-9H2,1-3H3,(H,17,21). The zero-order valence-electron chi connectivity index (χ0n) is 13.1. The maximum Gasteiger partial charge on any atom is 0.257 e. The number of amides is 1. The van der Waals surface area contributed by atoms with Crippen molar-refractivity contribution in [2.75, 3.05) is 6.54 Å². The number of hydrogen-bond acceptors (Lipinski definition) is 3. The number of carbonyl (C=O) groups is 1. The number of nitrogens with one attached hydrogen (secondary N) is 1. The second kappa shape index (κ2) is 5.44. The van der Waals surface area contributed by atoms with Crippen LogP contribution in [-0.4, -0.2) is 32.1 Å². The van der Waals surface area contributed by atoms with Crippen molar-refractivity contribution in [1.29, 1.82) is 0 Å². The van der Waals surface area contributed by atoms with Gasteiger partial charge in [-0.2, -0.15) is 5.10 Å². The van der Waals surface area contributed by atoms with Gasteiger partial charge in [-0.15, -0.1) is 0 Å². The summed E-state index contributed by atoms with van der Waals surface area (Å²) in [6.45, 7) is 7.51. The van der Waals surface area contributed by atoms with Crippen molar-refractivity contribution in [3.05, 3.63) is 50.7 Å². The molecule has 0 fully saturated rings. The van der Waals surface area contributed by atoms with Crippen LogP contribution in [0.15, 0.2) is 17.1 Å². The number of pyridine rings is 1. The van der Waals surface area contributed by atoms with Gasteiger partial charge in [-0.3, -0.25) is 14.3 Å². The zero-order chi connectivity index (χ0) is 15.9. The lowest BCUT2D eigenvalue weighted by atomic mass is 10.0. The molecule has 1 amide bonds. The fourth-order valence-electron chi connectivity index (χ4n) is 3.13. The molecule has 1 aliphatic rings. The molecule has 6 heteroatoms. The van der Waals surface area contributed by atoms with Crippen molar-refractivity contribution in [2.45, 2.75) is 40.3 Å². The number of hydrogen-bond donors (Lipinski definition) is 1. The van der Waals surface area contributed by atoms with Gasteiger partial charge in [0, 0.05) is 30.5 Å². The van der Waals surface area contributed by atoms with E-state index in [1.54, 1.807) is 11.1 Å². The third-order valence-corrected chi connectivity index (χ3v) is 4.34. The molecular formula is C16H20N4O2. The van der Waals surface area contributed by atoms with Crippen molar-refractivity contribution in [1.82, 2.24) is 19.7 Å². The lowest BCUT2D eigenvalue weighted by Crippen LogP contribution is -2.39. The van der Waals surface area contributed by atoms with Crippen LogP contribution in [0.2, 0.25) is 0 Å². The summed E-state index contributed by atoms with van der Waals surface area (Å²) >= 11 is 0. The summed E-state index contributed by atoms with van der Waals surface area (Å²) in [4.78, 5) is 29.2. The molecule has 0 saturated heterocycles. The molecular weight excluding hydrogens is 280 g/mol. The van der Waals surface area contributed by atoms with E-state index in [9.17, 15) is 9.59 Å². The van der Waals surface area contributed by atoms with E-state index in [0.717, 1.165) is 23.5 Å². The van der Waals surface area contributed by atoms with Gasteiger partial charge in [0.25, 0.3) is 11.5 Å². The molecule has 0 bridgehead atoms. The third kappa shape index (κ3) is 2.24. The first-order chi connectivity index (χ1) is 10.5. The van der Waals surface area contributed by atoms with Crippen molar-refractivity contribution in [3.8, 4) is 0 Å². The Morgan fingerprint density at radius 3 is 2.86 bits per heavy atom.